The lowest BCUT2D eigenvalue weighted by atomic mass is 9.90. The molecule has 3 aliphatic rings. The highest BCUT2D eigenvalue weighted by Gasteiger charge is 2.40. The maximum Gasteiger partial charge on any atom is 0.319 e. The van der Waals surface area contributed by atoms with Crippen molar-refractivity contribution in [2.75, 3.05) is 51.0 Å². The molecule has 9 nitrogen and oxygen atoms in total. The molecule has 12 heteroatoms. The number of halogens is 2. The van der Waals surface area contributed by atoms with E-state index in [2.05, 4.69) is 21.3 Å². The van der Waals surface area contributed by atoms with Crippen molar-refractivity contribution in [1.82, 2.24) is 20.2 Å². The Morgan fingerprint density at radius 3 is 2.63 bits per heavy atom. The van der Waals surface area contributed by atoms with Gasteiger partial charge in [0.05, 0.1) is 24.2 Å². The fraction of sp³-hybridized carbons (Fsp3) is 0.414. The van der Waals surface area contributed by atoms with E-state index in [1.54, 1.807) is 6.07 Å². The Balaban J connectivity index is 1.53. The van der Waals surface area contributed by atoms with Gasteiger partial charge in [0.1, 0.15) is 34.8 Å². The number of piperazine rings is 1. The fourth-order valence-electron chi connectivity index (χ4n) is 6.49. The van der Waals surface area contributed by atoms with E-state index in [1.807, 2.05) is 19.0 Å². The standard InChI is InChI=1S/C29H29F2N7O2S/c1-37(2)7-8-40-29-35-26-23(28(36-29)38-14-3-4-15(38)11-34-10-14)18-13-39-12-17(18)22(25(26)31)24-19(30)5-6-20-21(24)16(9-32)27(33)41-20/h5-6,14-15,34H,3-4,7-8,10-13,33H2,1-2H3. The Morgan fingerprint density at radius 1 is 1.15 bits per heavy atom. The van der Waals surface area contributed by atoms with E-state index in [1.165, 1.54) is 17.4 Å². The number of nitrogens with zero attached hydrogens (tertiary/aromatic N) is 5. The predicted octanol–water partition coefficient (Wildman–Crippen LogP) is 4.15. The van der Waals surface area contributed by atoms with Gasteiger partial charge in [-0.3, -0.25) is 0 Å². The second kappa shape index (κ2) is 10.0. The van der Waals surface area contributed by atoms with E-state index < -0.39 is 11.6 Å². The van der Waals surface area contributed by atoms with Crippen LogP contribution in [0.5, 0.6) is 6.01 Å². The number of thiophene rings is 1. The normalized spacial score (nSPS) is 19.9. The van der Waals surface area contributed by atoms with Crippen LogP contribution in [0.15, 0.2) is 12.1 Å². The summed E-state index contributed by atoms with van der Waals surface area (Å²) in [7, 11) is 3.87. The van der Waals surface area contributed by atoms with Gasteiger partial charge in [0.15, 0.2) is 5.82 Å². The first-order valence-corrected chi connectivity index (χ1v) is 14.5. The van der Waals surface area contributed by atoms with Gasteiger partial charge < -0.3 is 30.3 Å². The quantitative estimate of drug-likeness (QED) is 0.349. The van der Waals surface area contributed by atoms with E-state index in [0.29, 0.717) is 40.0 Å². The summed E-state index contributed by atoms with van der Waals surface area (Å²) in [6, 6.07) is 5.45. The van der Waals surface area contributed by atoms with Crippen molar-refractivity contribution >= 4 is 43.1 Å². The topological polar surface area (TPSA) is 113 Å². The highest BCUT2D eigenvalue weighted by Crippen LogP contribution is 2.48. The van der Waals surface area contributed by atoms with E-state index in [-0.39, 0.29) is 58.5 Å². The SMILES string of the molecule is CN(C)CCOc1nc(N2C3CCC2CNC3)c2c3c(c(-c4c(F)ccc5sc(N)c(C#N)c45)c(F)c2n1)COC3. The minimum Gasteiger partial charge on any atom is -0.462 e. The van der Waals surface area contributed by atoms with Crippen LogP contribution in [-0.4, -0.2) is 67.3 Å². The molecule has 2 unspecified atom stereocenters. The summed E-state index contributed by atoms with van der Waals surface area (Å²) in [5.74, 6) is -0.698. The number of hydrogen-bond donors (Lipinski definition) is 2. The van der Waals surface area contributed by atoms with Gasteiger partial charge in [-0.15, -0.1) is 11.3 Å². The maximum absolute atomic E-state index is 17.0. The number of nitriles is 1. The molecule has 2 saturated heterocycles. The highest BCUT2D eigenvalue weighted by molar-refractivity contribution is 7.23. The van der Waals surface area contributed by atoms with Gasteiger partial charge in [-0.2, -0.15) is 15.2 Å². The largest absolute Gasteiger partial charge is 0.462 e. The van der Waals surface area contributed by atoms with Crippen LogP contribution in [0.3, 0.4) is 0 Å². The zero-order valence-corrected chi connectivity index (χ0v) is 23.6. The van der Waals surface area contributed by atoms with Crippen LogP contribution in [0.4, 0.5) is 19.6 Å². The summed E-state index contributed by atoms with van der Waals surface area (Å²) in [5, 5.41) is 14.5. The summed E-state index contributed by atoms with van der Waals surface area (Å²) in [6.45, 7) is 2.88. The summed E-state index contributed by atoms with van der Waals surface area (Å²) >= 11 is 1.18. The second-order valence-corrected chi connectivity index (χ2v) is 12.1. The lowest BCUT2D eigenvalue weighted by molar-refractivity contribution is 0.135. The molecular formula is C29H29F2N7O2S. The summed E-state index contributed by atoms with van der Waals surface area (Å²) in [5.41, 5.74) is 7.67. The third-order valence-corrected chi connectivity index (χ3v) is 9.33. The molecule has 2 fully saturated rings. The molecule has 3 N–H and O–H groups in total. The van der Waals surface area contributed by atoms with E-state index in [0.717, 1.165) is 31.5 Å². The maximum atomic E-state index is 17.0. The molecule has 2 atom stereocenters. The molecular weight excluding hydrogens is 548 g/mol. The van der Waals surface area contributed by atoms with Gasteiger partial charge in [0.25, 0.3) is 0 Å². The molecule has 2 aromatic carbocycles. The second-order valence-electron chi connectivity index (χ2n) is 11.0. The van der Waals surface area contributed by atoms with Crippen LogP contribution in [0.1, 0.15) is 29.5 Å². The number of hydrogen-bond acceptors (Lipinski definition) is 10. The number of nitrogens with two attached hydrogens (primary N) is 1. The van der Waals surface area contributed by atoms with Gasteiger partial charge in [-0.05, 0) is 50.2 Å². The number of aromatic nitrogens is 2. The van der Waals surface area contributed by atoms with Crippen LogP contribution in [0.2, 0.25) is 0 Å². The Hall–Kier alpha value is -3.63. The van der Waals surface area contributed by atoms with Gasteiger partial charge in [0.2, 0.25) is 0 Å². The summed E-state index contributed by atoms with van der Waals surface area (Å²) in [4.78, 5) is 13.7. The molecule has 5 heterocycles. The molecule has 4 aromatic rings. The molecule has 0 aliphatic carbocycles. The average Bonchev–Trinajstić information content (AvgIpc) is 3.62. The van der Waals surface area contributed by atoms with Crippen molar-refractivity contribution in [2.45, 2.75) is 38.1 Å². The number of benzene rings is 2. The molecule has 2 bridgehead atoms. The van der Waals surface area contributed by atoms with Gasteiger partial charge in [-0.25, -0.2) is 8.78 Å². The lowest BCUT2D eigenvalue weighted by Gasteiger charge is -2.37. The fourth-order valence-corrected chi connectivity index (χ4v) is 7.42. The number of anilines is 2. The zero-order valence-electron chi connectivity index (χ0n) is 22.8. The minimum atomic E-state index is -0.687. The first kappa shape index (κ1) is 26.3. The number of nitrogen functional groups attached to an aromatic ring is 1. The van der Waals surface area contributed by atoms with Gasteiger partial charge in [0, 0.05) is 52.9 Å². The van der Waals surface area contributed by atoms with Crippen molar-refractivity contribution in [3.63, 3.8) is 0 Å². The molecule has 7 rings (SSSR count). The van der Waals surface area contributed by atoms with Crippen molar-refractivity contribution in [1.29, 1.82) is 5.26 Å². The van der Waals surface area contributed by atoms with Crippen LogP contribution in [0, 0.1) is 23.0 Å². The Labute approximate surface area is 239 Å². The number of likely N-dealkylation sites (N-methyl/N-ethyl adjacent to an activating group) is 1. The van der Waals surface area contributed by atoms with Gasteiger partial charge in [-0.1, -0.05) is 0 Å². The third kappa shape index (κ3) is 4.10. The first-order valence-electron chi connectivity index (χ1n) is 13.7. The number of rotatable bonds is 6. The van der Waals surface area contributed by atoms with Crippen molar-refractivity contribution in [3.8, 4) is 23.2 Å². The monoisotopic (exact) mass is 577 g/mol. The smallest absolute Gasteiger partial charge is 0.319 e. The predicted molar refractivity (Wildman–Crippen MR) is 154 cm³/mol. The van der Waals surface area contributed by atoms with Crippen molar-refractivity contribution in [2.24, 2.45) is 0 Å². The third-order valence-electron chi connectivity index (χ3n) is 8.35. The summed E-state index contributed by atoms with van der Waals surface area (Å²) in [6.07, 6.45) is 2.01. The molecule has 0 amide bonds. The minimum absolute atomic E-state index is 0.00521. The van der Waals surface area contributed by atoms with Crippen LogP contribution in [-0.2, 0) is 18.0 Å². The molecule has 0 radical (unpaired) electrons. The van der Waals surface area contributed by atoms with Crippen LogP contribution >= 0.6 is 11.3 Å². The Kier molecular flexibility index (Phi) is 6.43. The highest BCUT2D eigenvalue weighted by atomic mass is 32.1. The van der Waals surface area contributed by atoms with Crippen LogP contribution in [0.25, 0.3) is 32.1 Å². The first-order chi connectivity index (χ1) is 19.9. The number of ether oxygens (including phenoxy) is 2. The molecule has 0 spiro atoms. The van der Waals surface area contributed by atoms with E-state index in [9.17, 15) is 5.26 Å². The molecule has 0 saturated carbocycles. The van der Waals surface area contributed by atoms with Crippen molar-refractivity contribution in [3.05, 3.63) is 40.5 Å². The van der Waals surface area contributed by atoms with Gasteiger partial charge >= 0.3 is 6.01 Å². The number of nitrogens with one attached hydrogen (secondary N) is 1. The molecule has 41 heavy (non-hydrogen) atoms. The Bertz CT molecular complexity index is 1740. The zero-order chi connectivity index (χ0) is 28.4. The molecule has 2 aromatic heterocycles. The van der Waals surface area contributed by atoms with Crippen molar-refractivity contribution < 1.29 is 18.3 Å². The van der Waals surface area contributed by atoms with Crippen LogP contribution < -0.4 is 20.7 Å². The average molecular weight is 578 g/mol. The van der Waals surface area contributed by atoms with E-state index in [4.69, 9.17) is 20.2 Å². The lowest BCUT2D eigenvalue weighted by Crippen LogP contribution is -2.52. The number of fused-ring (bicyclic) bond motifs is 6. The van der Waals surface area contributed by atoms with E-state index >= 15 is 8.78 Å². The summed E-state index contributed by atoms with van der Waals surface area (Å²) < 4.78 is 45.2. The molecule has 212 valence electrons. The molecule has 3 aliphatic heterocycles. The Morgan fingerprint density at radius 2 is 1.90 bits per heavy atom.